The number of nitriles is 1. The van der Waals surface area contributed by atoms with Crippen LogP contribution >= 0.6 is 0 Å². The molecule has 26 heavy (non-hydrogen) atoms. The fourth-order valence-electron chi connectivity index (χ4n) is 3.99. The monoisotopic (exact) mass is 346 g/mol. The highest BCUT2D eigenvalue weighted by Crippen LogP contribution is 2.36. The number of fused-ring (bicyclic) bond motifs is 2. The molecule has 132 valence electrons. The number of hydrogen-bond donors (Lipinski definition) is 0. The number of ether oxygens (including phenoxy) is 2. The highest BCUT2D eigenvalue weighted by Gasteiger charge is 2.35. The predicted octanol–water partition coefficient (Wildman–Crippen LogP) is 3.62. The lowest BCUT2D eigenvalue weighted by Crippen LogP contribution is -2.53. The van der Waals surface area contributed by atoms with E-state index in [0.29, 0.717) is 24.0 Å². The van der Waals surface area contributed by atoms with E-state index in [4.69, 9.17) is 9.47 Å². The van der Waals surface area contributed by atoms with E-state index in [0.717, 1.165) is 25.1 Å². The van der Waals surface area contributed by atoms with Gasteiger partial charge in [-0.25, -0.2) is 0 Å². The lowest BCUT2D eigenvalue weighted by atomic mass is 9.87. The Balaban J connectivity index is 1.66. The van der Waals surface area contributed by atoms with Gasteiger partial charge in [0.1, 0.15) is 17.4 Å². The Labute approximate surface area is 154 Å². The third kappa shape index (κ3) is 3.12. The lowest BCUT2D eigenvalue weighted by Gasteiger charge is -2.45. The van der Waals surface area contributed by atoms with Crippen LogP contribution in [0.15, 0.2) is 54.6 Å². The van der Waals surface area contributed by atoms with Crippen molar-refractivity contribution in [3.8, 4) is 11.8 Å². The van der Waals surface area contributed by atoms with Crippen LogP contribution in [0, 0.1) is 11.3 Å². The summed E-state index contributed by atoms with van der Waals surface area (Å²) in [6.45, 7) is 2.34. The van der Waals surface area contributed by atoms with Gasteiger partial charge in [0.15, 0.2) is 0 Å². The van der Waals surface area contributed by atoms with Crippen molar-refractivity contribution in [3.05, 3.63) is 71.3 Å². The maximum atomic E-state index is 9.62. The molecule has 2 aromatic carbocycles. The molecule has 2 aliphatic rings. The van der Waals surface area contributed by atoms with Gasteiger partial charge in [-0.1, -0.05) is 48.5 Å². The second kappa shape index (κ2) is 7.33. The fourth-order valence-corrected chi connectivity index (χ4v) is 3.99. The van der Waals surface area contributed by atoms with E-state index >= 15 is 0 Å². The Morgan fingerprint density at radius 1 is 1.15 bits per heavy atom. The van der Waals surface area contributed by atoms with Crippen molar-refractivity contribution in [2.45, 2.75) is 25.0 Å². The minimum Gasteiger partial charge on any atom is -0.495 e. The maximum Gasteiger partial charge on any atom is 0.137 e. The van der Waals surface area contributed by atoms with Crippen molar-refractivity contribution in [1.82, 2.24) is 4.90 Å². The second-order valence-electron chi connectivity index (χ2n) is 6.81. The first-order valence-corrected chi connectivity index (χ1v) is 8.95. The largest absolute Gasteiger partial charge is 0.495 e. The van der Waals surface area contributed by atoms with E-state index in [9.17, 15) is 5.26 Å². The van der Waals surface area contributed by atoms with Crippen molar-refractivity contribution in [1.29, 1.82) is 5.26 Å². The molecule has 4 nitrogen and oxygen atoms in total. The van der Waals surface area contributed by atoms with E-state index in [1.54, 1.807) is 7.11 Å². The van der Waals surface area contributed by atoms with E-state index in [2.05, 4.69) is 41.3 Å². The summed E-state index contributed by atoms with van der Waals surface area (Å²) in [7, 11) is 1.61. The highest BCUT2D eigenvalue weighted by molar-refractivity contribution is 5.74. The molecule has 0 aromatic heterocycles. The highest BCUT2D eigenvalue weighted by atomic mass is 16.5. The summed E-state index contributed by atoms with van der Waals surface area (Å²) in [4.78, 5) is 2.52. The SMILES string of the molecule is COc1cccc(C2=CC3COCC(C2)N3Cc2ccccc2)c1C#N. The van der Waals surface area contributed by atoms with Crippen LogP contribution in [0.1, 0.15) is 23.1 Å². The normalized spacial score (nSPS) is 22.4. The van der Waals surface area contributed by atoms with Crippen LogP contribution in [0.3, 0.4) is 0 Å². The molecule has 2 unspecified atom stereocenters. The van der Waals surface area contributed by atoms with Gasteiger partial charge in [-0.05, 0) is 29.2 Å². The molecule has 0 amide bonds. The smallest absolute Gasteiger partial charge is 0.137 e. The average Bonchev–Trinajstić information content (AvgIpc) is 2.68. The van der Waals surface area contributed by atoms with Crippen LogP contribution in [0.25, 0.3) is 5.57 Å². The summed E-state index contributed by atoms with van der Waals surface area (Å²) in [5, 5.41) is 9.62. The molecule has 2 aliphatic heterocycles. The zero-order chi connectivity index (χ0) is 17.9. The Hall–Kier alpha value is -2.61. The molecule has 1 saturated heterocycles. The van der Waals surface area contributed by atoms with Crippen LogP contribution in [-0.2, 0) is 11.3 Å². The topological polar surface area (TPSA) is 45.5 Å². The van der Waals surface area contributed by atoms with E-state index in [1.165, 1.54) is 11.1 Å². The summed E-state index contributed by atoms with van der Waals surface area (Å²) in [6, 6.07) is 19.3. The number of rotatable bonds is 4. The van der Waals surface area contributed by atoms with Gasteiger partial charge in [0, 0.05) is 12.6 Å². The quantitative estimate of drug-likeness (QED) is 0.848. The van der Waals surface area contributed by atoms with Gasteiger partial charge >= 0.3 is 0 Å². The van der Waals surface area contributed by atoms with Crippen molar-refractivity contribution in [2.24, 2.45) is 0 Å². The summed E-state index contributed by atoms with van der Waals surface area (Å²) in [5.41, 5.74) is 4.16. The molecule has 0 N–H and O–H groups in total. The van der Waals surface area contributed by atoms with Gasteiger partial charge in [0.25, 0.3) is 0 Å². The number of benzene rings is 2. The van der Waals surface area contributed by atoms with Gasteiger partial charge in [-0.3, -0.25) is 4.90 Å². The van der Waals surface area contributed by atoms with Crippen LogP contribution < -0.4 is 4.74 Å². The van der Waals surface area contributed by atoms with Gasteiger partial charge in [-0.15, -0.1) is 0 Å². The number of methoxy groups -OCH3 is 1. The molecule has 2 aromatic rings. The standard InChI is InChI=1S/C22H22N2O2/c1-25-22-9-5-8-20(21(22)12-23)17-10-18-14-26-15-19(11-17)24(18)13-16-6-3-2-4-7-16/h2-10,18-19H,11,13-15H2,1H3. The minimum atomic E-state index is 0.232. The molecule has 0 spiro atoms. The number of nitrogens with zero attached hydrogens (tertiary/aromatic N) is 2. The fraction of sp³-hybridized carbons (Fsp3) is 0.318. The van der Waals surface area contributed by atoms with Gasteiger partial charge in [0.2, 0.25) is 0 Å². The first kappa shape index (κ1) is 16.8. The summed E-state index contributed by atoms with van der Waals surface area (Å²) >= 11 is 0. The van der Waals surface area contributed by atoms with Crippen LogP contribution in [-0.4, -0.2) is 37.3 Å². The molecule has 2 atom stereocenters. The average molecular weight is 346 g/mol. The Morgan fingerprint density at radius 2 is 2.00 bits per heavy atom. The third-order valence-electron chi connectivity index (χ3n) is 5.25. The van der Waals surface area contributed by atoms with E-state index < -0.39 is 0 Å². The molecule has 4 heteroatoms. The van der Waals surface area contributed by atoms with Crippen LogP contribution in [0.4, 0.5) is 0 Å². The Kier molecular flexibility index (Phi) is 4.75. The van der Waals surface area contributed by atoms with Gasteiger partial charge in [0.05, 0.1) is 26.4 Å². The van der Waals surface area contributed by atoms with Crippen LogP contribution in [0.2, 0.25) is 0 Å². The Bertz CT molecular complexity index is 854. The minimum absolute atomic E-state index is 0.232. The van der Waals surface area contributed by atoms with Crippen LogP contribution in [0.5, 0.6) is 5.75 Å². The molecule has 4 rings (SSSR count). The summed E-state index contributed by atoms with van der Waals surface area (Å²) in [6.07, 6.45) is 3.15. The molecule has 0 saturated carbocycles. The van der Waals surface area contributed by atoms with Crippen molar-refractivity contribution < 1.29 is 9.47 Å². The Morgan fingerprint density at radius 3 is 2.73 bits per heavy atom. The predicted molar refractivity (Wildman–Crippen MR) is 101 cm³/mol. The zero-order valence-corrected chi connectivity index (χ0v) is 14.9. The lowest BCUT2D eigenvalue weighted by molar-refractivity contribution is -0.0402. The number of morpholine rings is 1. The van der Waals surface area contributed by atoms with Gasteiger partial charge < -0.3 is 9.47 Å². The third-order valence-corrected chi connectivity index (χ3v) is 5.25. The zero-order valence-electron chi connectivity index (χ0n) is 14.9. The molecule has 0 aliphatic carbocycles. The van der Waals surface area contributed by atoms with Crippen molar-refractivity contribution in [3.63, 3.8) is 0 Å². The molecule has 0 radical (unpaired) electrons. The van der Waals surface area contributed by atoms with E-state index in [-0.39, 0.29) is 6.04 Å². The van der Waals surface area contributed by atoms with Crippen molar-refractivity contribution >= 4 is 5.57 Å². The summed E-state index contributed by atoms with van der Waals surface area (Å²) < 4.78 is 11.2. The molecular weight excluding hydrogens is 324 g/mol. The summed E-state index contributed by atoms with van der Waals surface area (Å²) in [5.74, 6) is 0.638. The first-order valence-electron chi connectivity index (χ1n) is 8.95. The molecular formula is C22H22N2O2. The van der Waals surface area contributed by atoms with E-state index in [1.807, 2.05) is 24.3 Å². The maximum absolute atomic E-state index is 9.62. The molecule has 1 fully saturated rings. The van der Waals surface area contributed by atoms with Crippen molar-refractivity contribution in [2.75, 3.05) is 20.3 Å². The number of hydrogen-bond acceptors (Lipinski definition) is 4. The first-order chi connectivity index (χ1) is 12.8. The molecule has 2 heterocycles. The molecule has 2 bridgehead atoms. The second-order valence-corrected chi connectivity index (χ2v) is 6.81. The van der Waals surface area contributed by atoms with Gasteiger partial charge in [-0.2, -0.15) is 5.26 Å².